The minimum absolute atomic E-state index is 0.0634. The van der Waals surface area contributed by atoms with Crippen molar-refractivity contribution >= 4 is 38.8 Å². The number of hydrogen-bond donors (Lipinski definition) is 2. The number of nitrogens with one attached hydrogen (secondary N) is 2. The van der Waals surface area contributed by atoms with Gasteiger partial charge in [0.1, 0.15) is 5.75 Å². The highest BCUT2D eigenvalue weighted by atomic mass is 32.2. The lowest BCUT2D eigenvalue weighted by molar-refractivity contribution is -0.0498. The number of morpholine rings is 1. The topological polar surface area (TPSA) is 92.3 Å². The summed E-state index contributed by atoms with van der Waals surface area (Å²) >= 11 is 5.26. The van der Waals surface area contributed by atoms with Crippen molar-refractivity contribution in [2.45, 2.75) is 24.9 Å². The van der Waals surface area contributed by atoms with Crippen LogP contribution < -0.4 is 15.5 Å². The van der Waals surface area contributed by atoms with Gasteiger partial charge in [-0.3, -0.25) is 5.43 Å². The van der Waals surface area contributed by atoms with Gasteiger partial charge in [0.15, 0.2) is 5.11 Å². The first kappa shape index (κ1) is 25.0. The number of hydrazone groups is 1. The van der Waals surface area contributed by atoms with Crippen molar-refractivity contribution in [3.63, 3.8) is 0 Å². The average Bonchev–Trinajstić information content (AvgIpc) is 2.81. The monoisotopic (exact) mass is 498 g/mol. The predicted molar refractivity (Wildman–Crippen MR) is 125 cm³/mol. The van der Waals surface area contributed by atoms with Gasteiger partial charge >= 0.3 is 6.61 Å². The molecule has 2 N–H and O–H groups in total. The van der Waals surface area contributed by atoms with E-state index >= 15 is 0 Å². The number of ether oxygens (including phenoxy) is 2. The van der Waals surface area contributed by atoms with E-state index in [0.717, 1.165) is 5.56 Å². The fraction of sp³-hybridized carbons (Fsp3) is 0.333. The van der Waals surface area contributed by atoms with Crippen LogP contribution in [0, 0.1) is 0 Å². The summed E-state index contributed by atoms with van der Waals surface area (Å²) in [6.45, 7) is 0.438. The first-order valence-corrected chi connectivity index (χ1v) is 12.0. The van der Waals surface area contributed by atoms with E-state index < -0.39 is 16.6 Å². The van der Waals surface area contributed by atoms with E-state index in [1.165, 1.54) is 28.6 Å². The highest BCUT2D eigenvalue weighted by Gasteiger charge is 2.26. The molecule has 1 saturated heterocycles. The van der Waals surface area contributed by atoms with Gasteiger partial charge in [0.25, 0.3) is 0 Å². The Balaban J connectivity index is 1.59. The van der Waals surface area contributed by atoms with E-state index in [1.807, 2.05) is 6.92 Å². The minimum atomic E-state index is -3.57. The number of hydrogen-bond acceptors (Lipinski definition) is 6. The van der Waals surface area contributed by atoms with Crippen molar-refractivity contribution in [1.29, 1.82) is 0 Å². The van der Waals surface area contributed by atoms with Gasteiger partial charge in [-0.05, 0) is 72.7 Å². The molecule has 0 bridgehead atoms. The summed E-state index contributed by atoms with van der Waals surface area (Å²) in [7, 11) is -3.57. The Morgan fingerprint density at radius 1 is 1.15 bits per heavy atom. The molecule has 2 aromatic rings. The van der Waals surface area contributed by atoms with E-state index in [-0.39, 0.29) is 15.8 Å². The molecule has 1 aliphatic rings. The third-order valence-electron chi connectivity index (χ3n) is 4.76. The van der Waals surface area contributed by atoms with Crippen LogP contribution in [0.2, 0.25) is 0 Å². The lowest BCUT2D eigenvalue weighted by Crippen LogP contribution is -2.40. The largest absolute Gasteiger partial charge is 0.435 e. The van der Waals surface area contributed by atoms with Gasteiger partial charge in [-0.15, -0.1) is 0 Å². The Morgan fingerprint density at radius 2 is 1.79 bits per heavy atom. The zero-order chi connectivity index (χ0) is 23.8. The highest BCUT2D eigenvalue weighted by molar-refractivity contribution is 7.89. The first-order chi connectivity index (χ1) is 15.8. The van der Waals surface area contributed by atoms with E-state index in [2.05, 4.69) is 20.6 Å². The molecule has 33 heavy (non-hydrogen) atoms. The molecule has 0 aliphatic carbocycles. The van der Waals surface area contributed by atoms with Gasteiger partial charge in [-0.2, -0.15) is 18.2 Å². The van der Waals surface area contributed by atoms with Crippen molar-refractivity contribution in [3.8, 4) is 5.75 Å². The summed E-state index contributed by atoms with van der Waals surface area (Å²) in [5, 5.41) is 7.43. The van der Waals surface area contributed by atoms with Crippen LogP contribution in [0.15, 0.2) is 58.5 Å². The number of halogens is 2. The molecule has 0 amide bonds. The van der Waals surface area contributed by atoms with Gasteiger partial charge in [0, 0.05) is 18.8 Å². The Labute approximate surface area is 196 Å². The van der Waals surface area contributed by atoms with Gasteiger partial charge in [-0.1, -0.05) is 6.92 Å². The number of benzene rings is 2. The summed E-state index contributed by atoms with van der Waals surface area (Å²) in [6.07, 6.45) is 0.568. The Kier molecular flexibility index (Phi) is 8.67. The van der Waals surface area contributed by atoms with Crippen molar-refractivity contribution < 1.29 is 26.7 Å². The number of alkyl halides is 2. The quantitative estimate of drug-likeness (QED) is 0.327. The fourth-order valence-electron chi connectivity index (χ4n) is 3.10. The molecule has 0 radical (unpaired) electrons. The highest BCUT2D eigenvalue weighted by Crippen LogP contribution is 2.20. The summed E-state index contributed by atoms with van der Waals surface area (Å²) in [5.74, 6) is 0.0634. The molecule has 8 nitrogen and oxygen atoms in total. The molecule has 0 spiro atoms. The lowest BCUT2D eigenvalue weighted by atomic mass is 10.1. The first-order valence-electron chi connectivity index (χ1n) is 10.2. The molecule has 1 fully saturated rings. The van der Waals surface area contributed by atoms with E-state index in [0.29, 0.717) is 44.1 Å². The molecule has 0 saturated carbocycles. The molecule has 2 aromatic carbocycles. The smallest absolute Gasteiger partial charge is 0.387 e. The Morgan fingerprint density at radius 3 is 2.36 bits per heavy atom. The van der Waals surface area contributed by atoms with Crippen LogP contribution >= 0.6 is 12.2 Å². The van der Waals surface area contributed by atoms with E-state index in [9.17, 15) is 17.2 Å². The molecule has 3 rings (SSSR count). The molecule has 1 aliphatic heterocycles. The zero-order valence-electron chi connectivity index (χ0n) is 17.8. The maximum absolute atomic E-state index is 12.7. The second-order valence-electron chi connectivity index (χ2n) is 6.92. The van der Waals surface area contributed by atoms with Crippen molar-refractivity contribution in [2.75, 3.05) is 31.6 Å². The zero-order valence-corrected chi connectivity index (χ0v) is 19.5. The fourth-order valence-corrected chi connectivity index (χ4v) is 4.67. The number of sulfonamides is 1. The Hall–Kier alpha value is -2.67. The normalized spacial score (nSPS) is 15.3. The van der Waals surface area contributed by atoms with Gasteiger partial charge in [-0.25, -0.2) is 8.42 Å². The number of anilines is 1. The van der Waals surface area contributed by atoms with Crippen LogP contribution in [0.5, 0.6) is 5.75 Å². The third-order valence-corrected chi connectivity index (χ3v) is 6.87. The molecular weight excluding hydrogens is 474 g/mol. The van der Waals surface area contributed by atoms with Gasteiger partial charge in [0.2, 0.25) is 10.0 Å². The molecule has 1 heterocycles. The standard InChI is InChI=1S/C21H24F2N4O4S2/c1-2-19(15-3-7-17(8-4-15)31-20(22)23)25-26-21(32)24-16-5-9-18(10-6-16)33(28,29)27-11-13-30-14-12-27/h3-10,20H,2,11-14H2,1H3,(H2,24,26,32)/b25-19+. The Bertz CT molecular complexity index is 1070. The lowest BCUT2D eigenvalue weighted by Gasteiger charge is -2.26. The van der Waals surface area contributed by atoms with Crippen LogP contribution in [0.25, 0.3) is 0 Å². The number of rotatable bonds is 8. The van der Waals surface area contributed by atoms with Crippen LogP contribution in [0.4, 0.5) is 14.5 Å². The molecule has 0 aromatic heterocycles. The molecule has 0 unspecified atom stereocenters. The molecule has 178 valence electrons. The van der Waals surface area contributed by atoms with E-state index in [1.54, 1.807) is 24.3 Å². The maximum Gasteiger partial charge on any atom is 0.387 e. The van der Waals surface area contributed by atoms with E-state index in [4.69, 9.17) is 17.0 Å². The molecular formula is C21H24F2N4O4S2. The van der Waals surface area contributed by atoms with Gasteiger partial charge in [0.05, 0.1) is 23.8 Å². The van der Waals surface area contributed by atoms with Crippen molar-refractivity contribution in [2.24, 2.45) is 5.10 Å². The summed E-state index contributed by atoms with van der Waals surface area (Å²) in [6, 6.07) is 12.4. The maximum atomic E-state index is 12.7. The number of thiocarbonyl (C=S) groups is 1. The second kappa shape index (κ2) is 11.5. The molecule has 12 heteroatoms. The summed E-state index contributed by atoms with van der Waals surface area (Å²) < 4.78 is 60.9. The van der Waals surface area contributed by atoms with Crippen LogP contribution in [-0.4, -0.2) is 56.5 Å². The van der Waals surface area contributed by atoms with Crippen LogP contribution in [0.3, 0.4) is 0 Å². The SMILES string of the molecule is CC/C(=N\NC(=S)Nc1ccc(S(=O)(=O)N2CCOCC2)cc1)c1ccc(OC(F)F)cc1. The van der Waals surface area contributed by atoms with Gasteiger partial charge < -0.3 is 14.8 Å². The van der Waals surface area contributed by atoms with Crippen molar-refractivity contribution in [3.05, 3.63) is 54.1 Å². The minimum Gasteiger partial charge on any atom is -0.435 e. The van der Waals surface area contributed by atoms with Crippen LogP contribution in [0.1, 0.15) is 18.9 Å². The third kappa shape index (κ3) is 6.90. The molecule has 0 atom stereocenters. The predicted octanol–water partition coefficient (Wildman–Crippen LogP) is 3.41. The second-order valence-corrected chi connectivity index (χ2v) is 9.27. The number of nitrogens with zero attached hydrogens (tertiary/aromatic N) is 2. The summed E-state index contributed by atoms with van der Waals surface area (Å²) in [5.41, 5.74) is 4.72. The van der Waals surface area contributed by atoms with Crippen LogP contribution in [-0.2, 0) is 14.8 Å². The van der Waals surface area contributed by atoms with Crippen molar-refractivity contribution in [1.82, 2.24) is 9.73 Å². The average molecular weight is 499 g/mol. The summed E-state index contributed by atoms with van der Waals surface area (Å²) in [4.78, 5) is 0.194.